The van der Waals surface area contributed by atoms with Crippen molar-refractivity contribution in [2.24, 2.45) is 0 Å². The van der Waals surface area contributed by atoms with E-state index in [2.05, 4.69) is 10.5 Å². The van der Waals surface area contributed by atoms with Crippen molar-refractivity contribution in [3.05, 3.63) is 58.4 Å². The van der Waals surface area contributed by atoms with Gasteiger partial charge >= 0.3 is 0 Å². The van der Waals surface area contributed by atoms with Gasteiger partial charge < -0.3 is 14.6 Å². The van der Waals surface area contributed by atoms with Crippen LogP contribution in [0.4, 0.5) is 0 Å². The fourth-order valence-corrected chi connectivity index (χ4v) is 3.42. The molecular weight excluding hydrogens is 376 g/mol. The Morgan fingerprint density at radius 1 is 1.18 bits per heavy atom. The molecule has 1 N–H and O–H groups in total. The largest absolute Gasteiger partial charge is 0.497 e. The van der Waals surface area contributed by atoms with Gasteiger partial charge in [0, 0.05) is 37.4 Å². The molecule has 0 atom stereocenters. The van der Waals surface area contributed by atoms with E-state index in [0.29, 0.717) is 38.0 Å². The zero-order chi connectivity index (χ0) is 19.8. The van der Waals surface area contributed by atoms with E-state index in [1.54, 1.807) is 7.11 Å². The van der Waals surface area contributed by atoms with Gasteiger partial charge in [-0.25, -0.2) is 0 Å². The molecule has 0 saturated carbocycles. The summed E-state index contributed by atoms with van der Waals surface area (Å²) in [6.45, 7) is 0.474. The fourth-order valence-electron chi connectivity index (χ4n) is 2.73. The van der Waals surface area contributed by atoms with Gasteiger partial charge in [0.1, 0.15) is 5.75 Å². The van der Waals surface area contributed by atoms with Gasteiger partial charge in [-0.15, -0.1) is 11.3 Å². The van der Waals surface area contributed by atoms with E-state index >= 15 is 0 Å². The predicted molar refractivity (Wildman–Crippen MR) is 108 cm³/mol. The highest BCUT2D eigenvalue weighted by atomic mass is 32.1. The second kappa shape index (κ2) is 9.85. The molecule has 0 aliphatic heterocycles. The van der Waals surface area contributed by atoms with Gasteiger partial charge in [-0.2, -0.15) is 0 Å². The number of ether oxygens (including phenoxy) is 1. The van der Waals surface area contributed by atoms with Crippen molar-refractivity contribution in [1.82, 2.24) is 10.5 Å². The van der Waals surface area contributed by atoms with Crippen molar-refractivity contribution in [2.75, 3.05) is 13.7 Å². The third kappa shape index (κ3) is 5.53. The average Bonchev–Trinajstić information content (AvgIpc) is 3.40. The number of benzene rings is 1. The SMILES string of the molecule is COc1cccc(-c2cc(CCNC(=O)CCCC(=O)c3cccs3)no2)c1. The number of ketones is 1. The van der Waals surface area contributed by atoms with Crippen LogP contribution in [0.2, 0.25) is 0 Å². The van der Waals surface area contributed by atoms with Crippen LogP contribution in [0.1, 0.15) is 34.6 Å². The molecule has 7 heteroatoms. The highest BCUT2D eigenvalue weighted by Gasteiger charge is 2.10. The van der Waals surface area contributed by atoms with Gasteiger partial charge in [-0.1, -0.05) is 23.4 Å². The molecule has 6 nitrogen and oxygen atoms in total. The molecule has 0 spiro atoms. The minimum absolute atomic E-state index is 0.0597. The van der Waals surface area contributed by atoms with Gasteiger partial charge in [-0.05, 0) is 30.0 Å². The predicted octanol–water partition coefficient (Wildman–Crippen LogP) is 4.12. The van der Waals surface area contributed by atoms with Crippen LogP contribution in [-0.2, 0) is 11.2 Å². The van der Waals surface area contributed by atoms with E-state index in [4.69, 9.17) is 9.26 Å². The van der Waals surface area contributed by atoms with Gasteiger partial charge in [0.2, 0.25) is 5.91 Å². The molecule has 28 heavy (non-hydrogen) atoms. The summed E-state index contributed by atoms with van der Waals surface area (Å²) in [5.74, 6) is 1.44. The Morgan fingerprint density at radius 3 is 2.86 bits per heavy atom. The summed E-state index contributed by atoms with van der Waals surface area (Å²) in [5.41, 5.74) is 1.66. The lowest BCUT2D eigenvalue weighted by atomic mass is 10.1. The number of nitrogens with one attached hydrogen (secondary N) is 1. The van der Waals surface area contributed by atoms with Crippen molar-refractivity contribution in [3.8, 4) is 17.1 Å². The molecule has 2 aromatic heterocycles. The maximum atomic E-state index is 11.9. The van der Waals surface area contributed by atoms with Crippen molar-refractivity contribution in [1.29, 1.82) is 0 Å². The standard InChI is InChI=1S/C21H22N2O4S/c1-26-17-6-2-5-15(13-17)19-14-16(23-27-19)10-11-22-21(25)9-3-7-18(24)20-8-4-12-28-20/h2,4-6,8,12-14H,3,7,9-11H2,1H3,(H,22,25). The van der Waals surface area contributed by atoms with Crippen LogP contribution in [-0.4, -0.2) is 30.5 Å². The molecule has 1 amide bonds. The summed E-state index contributed by atoms with van der Waals surface area (Å²) >= 11 is 1.43. The van der Waals surface area contributed by atoms with Crippen LogP contribution in [0.25, 0.3) is 11.3 Å². The summed E-state index contributed by atoms with van der Waals surface area (Å²) in [7, 11) is 1.62. The Hall–Kier alpha value is -2.93. The van der Waals surface area contributed by atoms with Crippen LogP contribution < -0.4 is 10.1 Å². The summed E-state index contributed by atoms with van der Waals surface area (Å²) in [6, 6.07) is 13.1. The Labute approximate surface area is 167 Å². The molecule has 0 unspecified atom stereocenters. The van der Waals surface area contributed by atoms with Crippen molar-refractivity contribution in [3.63, 3.8) is 0 Å². The minimum Gasteiger partial charge on any atom is -0.497 e. The first kappa shape index (κ1) is 19.8. The Balaban J connectivity index is 1.38. The van der Waals surface area contributed by atoms with Crippen LogP contribution in [0.15, 0.2) is 52.4 Å². The molecule has 146 valence electrons. The van der Waals surface area contributed by atoms with E-state index in [1.165, 1.54) is 11.3 Å². The number of carbonyl (C=O) groups is 2. The lowest BCUT2D eigenvalue weighted by Gasteiger charge is -2.03. The molecule has 0 saturated heterocycles. The van der Waals surface area contributed by atoms with E-state index < -0.39 is 0 Å². The number of rotatable bonds is 10. The highest BCUT2D eigenvalue weighted by molar-refractivity contribution is 7.12. The monoisotopic (exact) mass is 398 g/mol. The first-order chi connectivity index (χ1) is 13.7. The molecule has 1 aromatic carbocycles. The second-order valence-electron chi connectivity index (χ2n) is 6.27. The van der Waals surface area contributed by atoms with Gasteiger partial charge in [0.05, 0.1) is 17.7 Å². The molecule has 3 aromatic rings. The van der Waals surface area contributed by atoms with Crippen LogP contribution in [0.5, 0.6) is 5.75 Å². The molecule has 0 fully saturated rings. The third-order valence-electron chi connectivity index (χ3n) is 4.22. The lowest BCUT2D eigenvalue weighted by molar-refractivity contribution is -0.121. The first-order valence-electron chi connectivity index (χ1n) is 9.09. The number of nitrogens with zero attached hydrogens (tertiary/aromatic N) is 1. The lowest BCUT2D eigenvalue weighted by Crippen LogP contribution is -2.25. The number of hydrogen-bond donors (Lipinski definition) is 1. The molecule has 3 rings (SSSR count). The smallest absolute Gasteiger partial charge is 0.220 e. The average molecular weight is 398 g/mol. The number of carbonyl (C=O) groups excluding carboxylic acids is 2. The molecular formula is C21H22N2O4S. The molecule has 0 aliphatic carbocycles. The summed E-state index contributed by atoms with van der Waals surface area (Å²) in [6.07, 6.45) is 1.85. The summed E-state index contributed by atoms with van der Waals surface area (Å²) in [5, 5.41) is 8.78. The van der Waals surface area contributed by atoms with Crippen LogP contribution >= 0.6 is 11.3 Å². The fraction of sp³-hybridized carbons (Fsp3) is 0.286. The van der Waals surface area contributed by atoms with Gasteiger partial charge in [0.15, 0.2) is 11.5 Å². The Kier molecular flexibility index (Phi) is 6.97. The van der Waals surface area contributed by atoms with E-state index in [9.17, 15) is 9.59 Å². The molecule has 0 radical (unpaired) electrons. The van der Waals surface area contributed by atoms with Crippen molar-refractivity contribution >= 4 is 23.0 Å². The quantitative estimate of drug-likeness (QED) is 0.520. The maximum Gasteiger partial charge on any atom is 0.220 e. The summed E-state index contributed by atoms with van der Waals surface area (Å²) in [4.78, 5) is 24.6. The Bertz CT molecular complexity index is 918. The van der Waals surface area contributed by atoms with E-state index in [0.717, 1.165) is 21.9 Å². The number of methoxy groups -OCH3 is 1. The zero-order valence-corrected chi connectivity index (χ0v) is 16.5. The first-order valence-corrected chi connectivity index (χ1v) is 9.97. The summed E-state index contributed by atoms with van der Waals surface area (Å²) < 4.78 is 10.6. The topological polar surface area (TPSA) is 81.4 Å². The number of amides is 1. The van der Waals surface area contributed by atoms with Gasteiger partial charge in [-0.3, -0.25) is 9.59 Å². The van der Waals surface area contributed by atoms with E-state index in [1.807, 2.05) is 47.8 Å². The second-order valence-corrected chi connectivity index (χ2v) is 7.22. The van der Waals surface area contributed by atoms with E-state index in [-0.39, 0.29) is 11.7 Å². The Morgan fingerprint density at radius 2 is 2.07 bits per heavy atom. The van der Waals surface area contributed by atoms with Crippen molar-refractivity contribution in [2.45, 2.75) is 25.7 Å². The molecule has 0 bridgehead atoms. The van der Waals surface area contributed by atoms with Crippen LogP contribution in [0, 0.1) is 0 Å². The normalized spacial score (nSPS) is 10.6. The third-order valence-corrected chi connectivity index (χ3v) is 5.13. The number of Topliss-reactive ketones (excluding diaryl/α,β-unsaturated/α-hetero) is 1. The van der Waals surface area contributed by atoms with Crippen molar-refractivity contribution < 1.29 is 18.8 Å². The zero-order valence-electron chi connectivity index (χ0n) is 15.6. The number of aromatic nitrogens is 1. The minimum atomic E-state index is -0.0597. The van der Waals surface area contributed by atoms with Crippen LogP contribution in [0.3, 0.4) is 0 Å². The molecule has 2 heterocycles. The highest BCUT2D eigenvalue weighted by Crippen LogP contribution is 2.24. The van der Waals surface area contributed by atoms with Gasteiger partial charge in [0.25, 0.3) is 0 Å². The number of thiophene rings is 1. The number of hydrogen-bond acceptors (Lipinski definition) is 6. The maximum absolute atomic E-state index is 11.9. The molecule has 0 aliphatic rings.